The van der Waals surface area contributed by atoms with E-state index in [0.717, 1.165) is 11.3 Å². The third-order valence-electron chi connectivity index (χ3n) is 7.52. The van der Waals surface area contributed by atoms with Gasteiger partial charge < -0.3 is 24.8 Å². The van der Waals surface area contributed by atoms with Crippen LogP contribution in [0.2, 0.25) is 0 Å². The van der Waals surface area contributed by atoms with E-state index >= 15 is 0 Å². The van der Waals surface area contributed by atoms with Crippen molar-refractivity contribution < 1.29 is 35.6 Å². The van der Waals surface area contributed by atoms with Gasteiger partial charge in [0, 0.05) is 30.7 Å². The van der Waals surface area contributed by atoms with Crippen LogP contribution in [-0.4, -0.2) is 68.9 Å². The average Bonchev–Trinajstić information content (AvgIpc) is 3.29. The first-order valence-electron chi connectivity index (χ1n) is 13.9. The van der Waals surface area contributed by atoms with Gasteiger partial charge in [0.05, 0.1) is 40.0 Å². The van der Waals surface area contributed by atoms with Gasteiger partial charge in [-0.2, -0.15) is 22.0 Å². The molecule has 1 saturated heterocycles. The molecule has 0 unspecified atom stereocenters. The molecule has 3 aromatic rings. The van der Waals surface area contributed by atoms with Gasteiger partial charge in [-0.3, -0.25) is 0 Å². The standard InChI is InChI=1S/C30H34F6N3O2PS/c1-4-42(40,5-2)19-11-12-24(26(16-19)41-29(32)33)37-14-7-10-27-21(17-30(34,35)36)20-8-6-9-25(28(20)43-27)38-23-13-15-39(3)18-22(23)31/h6,8-9,11-12,16,22-23,29,37-38H,4-5,13-15,17-18H2,1-3H3/t22-,23-/m1/s1. The number of benzene rings is 2. The van der Waals surface area contributed by atoms with Crippen molar-refractivity contribution in [1.29, 1.82) is 0 Å². The molecule has 0 bridgehead atoms. The fraction of sp³-hybridized carbons (Fsp3) is 0.467. The second-order valence-corrected chi connectivity index (χ2v) is 15.0. The minimum Gasteiger partial charge on any atom is -0.433 e. The van der Waals surface area contributed by atoms with E-state index in [0.29, 0.717) is 46.4 Å². The maximum Gasteiger partial charge on any atom is 0.393 e. The van der Waals surface area contributed by atoms with Gasteiger partial charge in [-0.15, -0.1) is 11.3 Å². The summed E-state index contributed by atoms with van der Waals surface area (Å²) >= 11 is 1.10. The zero-order chi connectivity index (χ0) is 31.4. The number of nitrogens with one attached hydrogen (secondary N) is 2. The average molecular weight is 646 g/mol. The summed E-state index contributed by atoms with van der Waals surface area (Å²) in [6, 6.07) is 8.92. The van der Waals surface area contributed by atoms with Crippen LogP contribution in [0.15, 0.2) is 36.4 Å². The largest absolute Gasteiger partial charge is 0.433 e. The van der Waals surface area contributed by atoms with Crippen LogP contribution >= 0.6 is 18.5 Å². The molecule has 43 heavy (non-hydrogen) atoms. The van der Waals surface area contributed by atoms with E-state index in [-0.39, 0.29) is 35.0 Å². The first kappa shape index (κ1) is 33.0. The van der Waals surface area contributed by atoms with E-state index in [1.807, 2.05) is 11.9 Å². The molecule has 5 nitrogen and oxygen atoms in total. The summed E-state index contributed by atoms with van der Waals surface area (Å²) in [6.07, 6.45) is -5.50. The quantitative estimate of drug-likeness (QED) is 0.136. The Labute approximate surface area is 251 Å². The van der Waals surface area contributed by atoms with Gasteiger partial charge in [-0.05, 0) is 48.7 Å². The molecule has 13 heteroatoms. The predicted molar refractivity (Wildman–Crippen MR) is 163 cm³/mol. The number of ether oxygens (including phenoxy) is 1. The van der Waals surface area contributed by atoms with Crippen LogP contribution in [0.3, 0.4) is 0 Å². The Hall–Kier alpha value is -2.87. The smallest absolute Gasteiger partial charge is 0.393 e. The number of hydrogen-bond donors (Lipinski definition) is 2. The fourth-order valence-corrected chi connectivity index (χ4v) is 8.18. The predicted octanol–water partition coefficient (Wildman–Crippen LogP) is 7.55. The Balaban J connectivity index is 1.61. The zero-order valence-electron chi connectivity index (χ0n) is 24.0. The lowest BCUT2D eigenvalue weighted by Crippen LogP contribution is -2.46. The van der Waals surface area contributed by atoms with Crippen molar-refractivity contribution in [3.63, 3.8) is 0 Å². The molecule has 0 radical (unpaired) electrons. The number of likely N-dealkylation sites (tertiary alicyclic amines) is 1. The third-order valence-corrected chi connectivity index (χ3v) is 12.0. The summed E-state index contributed by atoms with van der Waals surface area (Å²) in [4.78, 5) is 2.11. The number of fused-ring (bicyclic) bond motifs is 1. The van der Waals surface area contributed by atoms with E-state index in [9.17, 15) is 30.9 Å². The molecule has 2 N–H and O–H groups in total. The Morgan fingerprint density at radius 2 is 1.91 bits per heavy atom. The summed E-state index contributed by atoms with van der Waals surface area (Å²) in [7, 11) is -0.917. The summed E-state index contributed by atoms with van der Waals surface area (Å²) in [6.45, 7) is 1.31. The highest BCUT2D eigenvalue weighted by molar-refractivity contribution is 7.71. The molecule has 2 heterocycles. The van der Waals surface area contributed by atoms with Crippen molar-refractivity contribution in [2.45, 2.75) is 51.7 Å². The molecule has 2 aromatic carbocycles. The first-order valence-corrected chi connectivity index (χ1v) is 16.8. The monoisotopic (exact) mass is 645 g/mol. The number of halogens is 6. The SMILES string of the molecule is CCP(=O)(CC)c1ccc(NCC#Cc2sc3c(N[C@@H]4CCN(C)C[C@H]4F)cccc3c2CC(F)(F)F)c(OC(F)F)c1. The Morgan fingerprint density at radius 3 is 2.56 bits per heavy atom. The maximum absolute atomic E-state index is 14.7. The number of alkyl halides is 6. The van der Waals surface area contributed by atoms with E-state index < -0.39 is 38.6 Å². The molecule has 1 fully saturated rings. The minimum atomic E-state index is -4.48. The Morgan fingerprint density at radius 1 is 1.16 bits per heavy atom. The van der Waals surface area contributed by atoms with Crippen molar-refractivity contribution in [1.82, 2.24) is 4.90 Å². The van der Waals surface area contributed by atoms with Crippen molar-refractivity contribution in [2.24, 2.45) is 0 Å². The second kappa shape index (κ2) is 13.8. The summed E-state index contributed by atoms with van der Waals surface area (Å²) in [5.74, 6) is 5.43. The van der Waals surface area contributed by atoms with Crippen molar-refractivity contribution in [3.05, 3.63) is 46.8 Å². The van der Waals surface area contributed by atoms with Crippen molar-refractivity contribution in [3.8, 4) is 17.6 Å². The number of anilines is 2. The lowest BCUT2D eigenvalue weighted by molar-refractivity contribution is -0.126. The molecule has 0 spiro atoms. The highest BCUT2D eigenvalue weighted by Gasteiger charge is 2.32. The Bertz CT molecular complexity index is 1530. The third kappa shape index (κ3) is 8.20. The topological polar surface area (TPSA) is 53.6 Å². The number of hydrogen-bond acceptors (Lipinski definition) is 6. The van der Waals surface area contributed by atoms with Crippen LogP contribution in [0, 0.1) is 11.8 Å². The molecular formula is C30H34F6N3O2PS. The van der Waals surface area contributed by atoms with Gasteiger partial charge >= 0.3 is 12.8 Å². The molecule has 1 aliphatic heterocycles. The van der Waals surface area contributed by atoms with Gasteiger partial charge in [0.2, 0.25) is 0 Å². The number of piperidine rings is 1. The molecule has 4 rings (SSSR count). The summed E-state index contributed by atoms with van der Waals surface area (Å²) < 4.78 is 100. The van der Waals surface area contributed by atoms with Gasteiger partial charge in [0.25, 0.3) is 0 Å². The molecule has 1 aliphatic rings. The maximum atomic E-state index is 14.7. The van der Waals surface area contributed by atoms with E-state index in [2.05, 4.69) is 27.2 Å². The van der Waals surface area contributed by atoms with Crippen LogP contribution in [-0.2, 0) is 11.0 Å². The van der Waals surface area contributed by atoms with Crippen molar-refractivity contribution in [2.75, 3.05) is 49.6 Å². The summed E-state index contributed by atoms with van der Waals surface area (Å²) in [5.41, 5.74) is 0.777. The van der Waals surface area contributed by atoms with Gasteiger partial charge in [-0.25, -0.2) is 4.39 Å². The number of thiophene rings is 1. The molecule has 0 aliphatic carbocycles. The molecule has 234 valence electrons. The second-order valence-electron chi connectivity index (χ2n) is 10.4. The highest BCUT2D eigenvalue weighted by atomic mass is 32.1. The lowest BCUT2D eigenvalue weighted by atomic mass is 10.0. The highest BCUT2D eigenvalue weighted by Crippen LogP contribution is 2.45. The lowest BCUT2D eigenvalue weighted by Gasteiger charge is -2.33. The van der Waals surface area contributed by atoms with E-state index in [1.54, 1.807) is 38.1 Å². The molecule has 1 aromatic heterocycles. The van der Waals surface area contributed by atoms with Gasteiger partial charge in [0.15, 0.2) is 0 Å². The number of nitrogens with zero attached hydrogens (tertiary/aromatic N) is 1. The molecule has 0 saturated carbocycles. The van der Waals surface area contributed by atoms with Crippen molar-refractivity contribution >= 4 is 45.2 Å². The zero-order valence-corrected chi connectivity index (χ0v) is 25.7. The minimum absolute atomic E-state index is 0.0322. The van der Waals surface area contributed by atoms with Crippen LogP contribution in [0.5, 0.6) is 5.75 Å². The van der Waals surface area contributed by atoms with E-state index in [4.69, 9.17) is 0 Å². The van der Waals surface area contributed by atoms with Crippen LogP contribution in [0.25, 0.3) is 10.1 Å². The van der Waals surface area contributed by atoms with Gasteiger partial charge in [-0.1, -0.05) is 37.8 Å². The first-order chi connectivity index (χ1) is 20.3. The Kier molecular flexibility index (Phi) is 10.6. The molecule has 2 atom stereocenters. The van der Waals surface area contributed by atoms with Gasteiger partial charge in [0.1, 0.15) is 19.1 Å². The van der Waals surface area contributed by atoms with Crippen LogP contribution in [0.4, 0.5) is 37.7 Å². The number of rotatable bonds is 10. The summed E-state index contributed by atoms with van der Waals surface area (Å²) in [5, 5.41) is 6.91. The molecule has 0 amide bonds. The van der Waals surface area contributed by atoms with E-state index in [1.165, 1.54) is 12.1 Å². The molecular weight excluding hydrogens is 611 g/mol. The fourth-order valence-electron chi connectivity index (χ4n) is 5.14. The van der Waals surface area contributed by atoms with Crippen LogP contribution in [0.1, 0.15) is 30.7 Å². The normalized spacial score (nSPS) is 18.0. The van der Waals surface area contributed by atoms with Crippen LogP contribution < -0.4 is 20.7 Å².